The van der Waals surface area contributed by atoms with Gasteiger partial charge in [0.25, 0.3) is 0 Å². The van der Waals surface area contributed by atoms with Crippen LogP contribution in [0.4, 0.5) is 0 Å². The molecule has 0 heterocycles. The van der Waals surface area contributed by atoms with Gasteiger partial charge in [-0.1, -0.05) is 20.8 Å². The third-order valence-electron chi connectivity index (χ3n) is 10.3. The summed E-state index contributed by atoms with van der Waals surface area (Å²) in [4.78, 5) is 11.0. The van der Waals surface area contributed by atoms with Gasteiger partial charge in [0, 0.05) is 5.97 Å². The van der Waals surface area contributed by atoms with E-state index in [1.807, 2.05) is 0 Å². The quantitative estimate of drug-likeness (QED) is 0.519. The minimum Gasteiger partial charge on any atom is -0.550 e. The average molecular weight is 415 g/mol. The van der Waals surface area contributed by atoms with Crippen molar-refractivity contribution < 1.29 is 44.1 Å². The molecular weight excluding hydrogens is 375 g/mol. The molecule has 3 N–H and O–H groups in total. The molecule has 0 saturated heterocycles. The molecule has 0 spiro atoms. The maximum absolute atomic E-state index is 11.5. The van der Waals surface area contributed by atoms with Gasteiger partial charge in [-0.3, -0.25) is 0 Å². The maximum Gasteiger partial charge on any atom is 1.00 e. The Labute approximate surface area is 193 Å². The average Bonchev–Trinajstić information content (AvgIpc) is 3.01. The van der Waals surface area contributed by atoms with E-state index in [4.69, 9.17) is 0 Å². The van der Waals surface area contributed by atoms with E-state index < -0.39 is 12.1 Å². The molecule has 0 radical (unpaired) electrons. The summed E-state index contributed by atoms with van der Waals surface area (Å²) in [6, 6.07) is 0. The van der Waals surface area contributed by atoms with Gasteiger partial charge in [-0.05, 0) is 104 Å². The second-order valence-corrected chi connectivity index (χ2v) is 11.4. The Balaban J connectivity index is 0.00000256. The SMILES string of the molecule is CC(CCC(=O)[O-])C1CCC2C3C(O)CC4CC(O)CCC4(C)C3CC(O)C12C.[Li+]. The number of carboxylic acids is 1. The van der Waals surface area contributed by atoms with Crippen LogP contribution < -0.4 is 24.0 Å². The fraction of sp³-hybridized carbons (Fsp3) is 0.958. The van der Waals surface area contributed by atoms with Crippen molar-refractivity contribution in [1.29, 1.82) is 0 Å². The van der Waals surface area contributed by atoms with Crippen molar-refractivity contribution in [2.24, 2.45) is 46.3 Å². The molecule has 4 rings (SSSR count). The summed E-state index contributed by atoms with van der Waals surface area (Å²) in [5, 5.41) is 43.9. The number of fused-ring (bicyclic) bond motifs is 5. The van der Waals surface area contributed by atoms with Crippen molar-refractivity contribution in [3.8, 4) is 0 Å². The molecule has 30 heavy (non-hydrogen) atoms. The molecule has 0 aromatic carbocycles. The Morgan fingerprint density at radius 2 is 1.77 bits per heavy atom. The van der Waals surface area contributed by atoms with E-state index in [0.29, 0.717) is 18.3 Å². The zero-order valence-corrected chi connectivity index (χ0v) is 19.2. The normalized spacial score (nSPS) is 51.1. The van der Waals surface area contributed by atoms with E-state index in [1.54, 1.807) is 0 Å². The number of carbonyl (C=O) groups is 1. The molecule has 0 aromatic heterocycles. The minimum absolute atomic E-state index is 0. The van der Waals surface area contributed by atoms with Gasteiger partial charge in [-0.15, -0.1) is 0 Å². The number of aliphatic carboxylic acids is 1. The van der Waals surface area contributed by atoms with Crippen LogP contribution in [0.2, 0.25) is 0 Å². The first-order valence-electron chi connectivity index (χ1n) is 11.8. The summed E-state index contributed by atoms with van der Waals surface area (Å²) in [5.41, 5.74) is -0.172. The van der Waals surface area contributed by atoms with Crippen LogP contribution >= 0.6 is 0 Å². The van der Waals surface area contributed by atoms with Crippen molar-refractivity contribution in [3.63, 3.8) is 0 Å². The monoisotopic (exact) mass is 414 g/mol. The van der Waals surface area contributed by atoms with E-state index in [9.17, 15) is 25.2 Å². The van der Waals surface area contributed by atoms with Crippen LogP contribution in [-0.2, 0) is 4.79 Å². The van der Waals surface area contributed by atoms with Gasteiger partial charge < -0.3 is 25.2 Å². The number of aliphatic hydroxyl groups excluding tert-OH is 3. The maximum atomic E-state index is 11.5. The molecule has 4 fully saturated rings. The predicted octanol–water partition coefficient (Wildman–Crippen LogP) is -0.882. The van der Waals surface area contributed by atoms with Crippen LogP contribution in [0.1, 0.15) is 78.6 Å². The molecule has 0 bridgehead atoms. The summed E-state index contributed by atoms with van der Waals surface area (Å²) in [5.74, 6) is 0.635. The topological polar surface area (TPSA) is 101 Å². The van der Waals surface area contributed by atoms with Crippen LogP contribution in [0.15, 0.2) is 0 Å². The summed E-state index contributed by atoms with van der Waals surface area (Å²) < 4.78 is 0. The molecule has 4 aliphatic rings. The molecule has 0 aromatic rings. The number of carbonyl (C=O) groups excluding carboxylic acids is 1. The Bertz CT molecular complexity index is 643. The zero-order chi connectivity index (χ0) is 21.1. The van der Waals surface area contributed by atoms with E-state index in [2.05, 4.69) is 20.8 Å². The smallest absolute Gasteiger partial charge is 0.550 e. The summed E-state index contributed by atoms with van der Waals surface area (Å²) in [7, 11) is 0. The molecule has 4 saturated carbocycles. The number of carboxylic acid groups (broad SMARTS) is 1. The minimum atomic E-state index is -0.998. The second-order valence-electron chi connectivity index (χ2n) is 11.4. The summed E-state index contributed by atoms with van der Waals surface area (Å²) >= 11 is 0. The first-order valence-corrected chi connectivity index (χ1v) is 11.8. The molecule has 11 atom stereocenters. The fourth-order valence-electron chi connectivity index (χ4n) is 8.68. The molecule has 0 aliphatic heterocycles. The van der Waals surface area contributed by atoms with Crippen molar-refractivity contribution in [2.75, 3.05) is 0 Å². The summed E-state index contributed by atoms with van der Waals surface area (Å²) in [6.45, 7) is 6.67. The van der Waals surface area contributed by atoms with Crippen molar-refractivity contribution in [2.45, 2.75) is 96.9 Å². The third-order valence-corrected chi connectivity index (χ3v) is 10.3. The van der Waals surface area contributed by atoms with Gasteiger partial charge in [-0.2, -0.15) is 0 Å². The second kappa shape index (κ2) is 8.71. The summed E-state index contributed by atoms with van der Waals surface area (Å²) in [6.07, 6.45) is 5.72. The molecular formula is C24H39LiO5. The van der Waals surface area contributed by atoms with E-state index >= 15 is 0 Å². The molecule has 5 nitrogen and oxygen atoms in total. The fourth-order valence-corrected chi connectivity index (χ4v) is 8.68. The Morgan fingerprint density at radius 3 is 2.43 bits per heavy atom. The van der Waals surface area contributed by atoms with Crippen molar-refractivity contribution in [3.05, 3.63) is 0 Å². The molecule has 11 unspecified atom stereocenters. The Hall–Kier alpha value is -0.0526. The van der Waals surface area contributed by atoms with Gasteiger partial charge in [0.15, 0.2) is 0 Å². The molecule has 6 heteroatoms. The van der Waals surface area contributed by atoms with Gasteiger partial charge in [-0.25, -0.2) is 0 Å². The Morgan fingerprint density at radius 1 is 1.07 bits per heavy atom. The van der Waals surface area contributed by atoms with Gasteiger partial charge in [0.1, 0.15) is 0 Å². The van der Waals surface area contributed by atoms with Crippen LogP contribution in [0, 0.1) is 46.3 Å². The Kier molecular flexibility index (Phi) is 7.14. The number of aliphatic hydroxyl groups is 3. The van der Waals surface area contributed by atoms with E-state index in [-0.39, 0.29) is 72.0 Å². The molecule has 0 amide bonds. The van der Waals surface area contributed by atoms with Crippen molar-refractivity contribution in [1.82, 2.24) is 0 Å². The number of rotatable bonds is 4. The van der Waals surface area contributed by atoms with Crippen LogP contribution in [0.5, 0.6) is 0 Å². The van der Waals surface area contributed by atoms with E-state index in [1.165, 1.54) is 0 Å². The van der Waals surface area contributed by atoms with Crippen LogP contribution in [0.25, 0.3) is 0 Å². The largest absolute Gasteiger partial charge is 1.00 e. The van der Waals surface area contributed by atoms with Gasteiger partial charge in [0.05, 0.1) is 18.3 Å². The van der Waals surface area contributed by atoms with E-state index in [0.717, 1.165) is 44.9 Å². The van der Waals surface area contributed by atoms with Gasteiger partial charge in [0.2, 0.25) is 0 Å². The molecule has 166 valence electrons. The third kappa shape index (κ3) is 3.71. The number of hydrogen-bond donors (Lipinski definition) is 3. The van der Waals surface area contributed by atoms with Crippen molar-refractivity contribution >= 4 is 5.97 Å². The first-order chi connectivity index (χ1) is 13.6. The first kappa shape index (κ1) is 24.6. The predicted molar refractivity (Wildman–Crippen MR) is 107 cm³/mol. The number of hydrogen-bond acceptors (Lipinski definition) is 5. The van der Waals surface area contributed by atoms with Gasteiger partial charge >= 0.3 is 18.9 Å². The van der Waals surface area contributed by atoms with Crippen LogP contribution in [-0.4, -0.2) is 39.6 Å². The zero-order valence-electron chi connectivity index (χ0n) is 19.2. The standard InChI is InChI=1S/C24H40O5.Li/c1-13(4-7-21(28)29)16-5-6-17-22-18(12-20(27)24(16,17)3)23(2)9-8-15(25)10-14(23)11-19(22)26;/h13-20,22,25-27H,4-12H2,1-3H3,(H,28,29);/q;+1/p-1. The van der Waals surface area contributed by atoms with Crippen LogP contribution in [0.3, 0.4) is 0 Å². The molecule has 4 aliphatic carbocycles.